The van der Waals surface area contributed by atoms with Crippen LogP contribution < -0.4 is 0 Å². The summed E-state index contributed by atoms with van der Waals surface area (Å²) in [5.74, 6) is -4.49. The van der Waals surface area contributed by atoms with Crippen LogP contribution in [0.1, 0.15) is 13.3 Å². The minimum Gasteiger partial charge on any atom is -0.480 e. The van der Waals surface area contributed by atoms with Crippen LogP contribution in [0.25, 0.3) is 0 Å². The molecule has 0 fully saturated rings. The van der Waals surface area contributed by atoms with Gasteiger partial charge in [-0.3, -0.25) is 29.0 Å². The van der Waals surface area contributed by atoms with Crippen molar-refractivity contribution in [3.05, 3.63) is 0 Å². The molecule has 0 atom stereocenters. The largest absolute Gasteiger partial charge is 0.480 e. The predicted octanol–water partition coefficient (Wildman–Crippen LogP) is -1.36. The number of carbonyl (C=O) groups is 4. The zero-order valence-corrected chi connectivity index (χ0v) is 14.8. The lowest BCUT2D eigenvalue weighted by atomic mass is 10.3. The molecule has 150 valence electrons. The fourth-order valence-electron chi connectivity index (χ4n) is 2.41. The lowest BCUT2D eigenvalue weighted by molar-refractivity contribution is -0.143. The van der Waals surface area contributed by atoms with E-state index in [0.717, 1.165) is 6.42 Å². The number of hydrogen-bond donors (Lipinski definition) is 4. The van der Waals surface area contributed by atoms with Crippen LogP contribution in [0.2, 0.25) is 0 Å². The fourth-order valence-corrected chi connectivity index (χ4v) is 2.41. The van der Waals surface area contributed by atoms with Crippen LogP contribution in [0.4, 0.5) is 0 Å². The van der Waals surface area contributed by atoms with E-state index in [0.29, 0.717) is 19.6 Å². The summed E-state index contributed by atoms with van der Waals surface area (Å²) >= 11 is 0. The second-order valence-corrected chi connectivity index (χ2v) is 5.84. The second-order valence-electron chi connectivity index (χ2n) is 5.84. The summed E-state index contributed by atoms with van der Waals surface area (Å²) in [6, 6.07) is 0. The molecule has 0 saturated heterocycles. The number of aliphatic carboxylic acids is 4. The quantitative estimate of drug-likeness (QED) is 0.252. The molecule has 0 heterocycles. The van der Waals surface area contributed by atoms with Crippen LogP contribution in [-0.2, 0) is 19.2 Å². The number of nitrogens with zero attached hydrogens (tertiary/aromatic N) is 3. The van der Waals surface area contributed by atoms with E-state index in [4.69, 9.17) is 20.4 Å². The first-order valence-electron chi connectivity index (χ1n) is 8.18. The molecule has 0 aliphatic heterocycles. The van der Waals surface area contributed by atoms with E-state index in [1.807, 2.05) is 11.8 Å². The Kier molecular flexibility index (Phi) is 11.9. The standard InChI is InChI=1S/C15H27N3O8/c1-2-3-16(4-6-17(8-12(19)20)9-13(21)22)5-7-18(10-14(23)24)11-15(25)26/h2-11H2,1H3,(H,19,20)(H,21,22)(H,23,24)(H,25,26). The molecule has 0 spiro atoms. The Morgan fingerprint density at radius 1 is 0.538 bits per heavy atom. The molecular weight excluding hydrogens is 350 g/mol. The fraction of sp³-hybridized carbons (Fsp3) is 0.733. The zero-order chi connectivity index (χ0) is 20.1. The van der Waals surface area contributed by atoms with Crippen molar-refractivity contribution >= 4 is 23.9 Å². The summed E-state index contributed by atoms with van der Waals surface area (Å²) in [5.41, 5.74) is 0. The summed E-state index contributed by atoms with van der Waals surface area (Å²) in [7, 11) is 0. The van der Waals surface area contributed by atoms with Crippen LogP contribution >= 0.6 is 0 Å². The Balaban J connectivity index is 4.67. The van der Waals surface area contributed by atoms with Gasteiger partial charge < -0.3 is 25.3 Å². The minimum absolute atomic E-state index is 0.219. The Hall–Kier alpha value is -2.24. The van der Waals surface area contributed by atoms with Crippen LogP contribution in [0, 0.1) is 0 Å². The first-order chi connectivity index (χ1) is 12.1. The summed E-state index contributed by atoms with van der Waals surface area (Å²) in [4.78, 5) is 47.8. The first kappa shape index (κ1) is 23.8. The number of carboxylic acids is 4. The van der Waals surface area contributed by atoms with Gasteiger partial charge in [0.2, 0.25) is 0 Å². The smallest absolute Gasteiger partial charge is 0.317 e. The maximum absolute atomic E-state index is 10.8. The summed E-state index contributed by atoms with van der Waals surface area (Å²) < 4.78 is 0. The van der Waals surface area contributed by atoms with E-state index in [1.54, 1.807) is 0 Å². The highest BCUT2D eigenvalue weighted by molar-refractivity contribution is 5.73. The van der Waals surface area contributed by atoms with E-state index in [9.17, 15) is 19.2 Å². The third-order valence-corrected chi connectivity index (χ3v) is 3.44. The van der Waals surface area contributed by atoms with Crippen molar-refractivity contribution < 1.29 is 39.6 Å². The maximum Gasteiger partial charge on any atom is 0.317 e. The number of hydrogen-bond acceptors (Lipinski definition) is 7. The Morgan fingerprint density at radius 3 is 1.04 bits per heavy atom. The van der Waals surface area contributed by atoms with Gasteiger partial charge in [0.15, 0.2) is 0 Å². The highest BCUT2D eigenvalue weighted by Gasteiger charge is 2.17. The third-order valence-electron chi connectivity index (χ3n) is 3.44. The van der Waals surface area contributed by atoms with Gasteiger partial charge in [-0.25, -0.2) is 0 Å². The molecule has 0 rings (SSSR count). The Morgan fingerprint density at radius 2 is 0.808 bits per heavy atom. The molecular formula is C15H27N3O8. The van der Waals surface area contributed by atoms with Gasteiger partial charge in [-0.05, 0) is 13.0 Å². The van der Waals surface area contributed by atoms with Crippen LogP contribution in [-0.4, -0.2) is 118 Å². The van der Waals surface area contributed by atoms with Gasteiger partial charge in [0, 0.05) is 26.2 Å². The lowest BCUT2D eigenvalue weighted by Crippen LogP contribution is -2.44. The molecule has 0 saturated carbocycles. The second kappa shape index (κ2) is 13.0. The highest BCUT2D eigenvalue weighted by Crippen LogP contribution is 1.98. The normalized spacial score (nSPS) is 11.2. The predicted molar refractivity (Wildman–Crippen MR) is 90.2 cm³/mol. The van der Waals surface area contributed by atoms with Crippen LogP contribution in [0.5, 0.6) is 0 Å². The van der Waals surface area contributed by atoms with E-state index in [1.165, 1.54) is 9.80 Å². The van der Waals surface area contributed by atoms with Gasteiger partial charge in [-0.2, -0.15) is 0 Å². The minimum atomic E-state index is -1.12. The molecule has 0 aromatic carbocycles. The van der Waals surface area contributed by atoms with Gasteiger partial charge in [-0.15, -0.1) is 0 Å². The van der Waals surface area contributed by atoms with Gasteiger partial charge in [0.1, 0.15) is 0 Å². The van der Waals surface area contributed by atoms with Crippen molar-refractivity contribution in [2.75, 3.05) is 58.9 Å². The van der Waals surface area contributed by atoms with Crippen molar-refractivity contribution in [3.63, 3.8) is 0 Å². The Bertz CT molecular complexity index is 414. The third kappa shape index (κ3) is 13.1. The molecule has 26 heavy (non-hydrogen) atoms. The monoisotopic (exact) mass is 377 g/mol. The number of carboxylic acid groups (broad SMARTS) is 4. The SMILES string of the molecule is CCCN(CCN(CC(=O)O)CC(=O)O)CCN(CC(=O)O)CC(=O)O. The van der Waals surface area contributed by atoms with E-state index < -0.39 is 50.1 Å². The summed E-state index contributed by atoms with van der Waals surface area (Å²) in [6.45, 7) is 2.23. The van der Waals surface area contributed by atoms with Gasteiger partial charge in [0.25, 0.3) is 0 Å². The lowest BCUT2D eigenvalue weighted by Gasteiger charge is -2.28. The van der Waals surface area contributed by atoms with Crippen molar-refractivity contribution in [2.24, 2.45) is 0 Å². The van der Waals surface area contributed by atoms with Crippen molar-refractivity contribution in [1.29, 1.82) is 0 Å². The zero-order valence-electron chi connectivity index (χ0n) is 14.8. The molecule has 0 unspecified atom stereocenters. The van der Waals surface area contributed by atoms with Crippen LogP contribution in [0.15, 0.2) is 0 Å². The molecule has 0 aromatic heterocycles. The van der Waals surface area contributed by atoms with Crippen molar-refractivity contribution in [1.82, 2.24) is 14.7 Å². The molecule has 0 aliphatic rings. The summed E-state index contributed by atoms with van der Waals surface area (Å²) in [5, 5.41) is 35.4. The molecule has 11 heteroatoms. The van der Waals surface area contributed by atoms with Crippen molar-refractivity contribution in [3.8, 4) is 0 Å². The van der Waals surface area contributed by atoms with Gasteiger partial charge >= 0.3 is 23.9 Å². The van der Waals surface area contributed by atoms with Gasteiger partial charge in [0.05, 0.1) is 26.2 Å². The molecule has 0 aromatic rings. The first-order valence-corrected chi connectivity index (χ1v) is 8.18. The molecule has 0 aliphatic carbocycles. The van der Waals surface area contributed by atoms with Crippen molar-refractivity contribution in [2.45, 2.75) is 13.3 Å². The molecule has 0 radical (unpaired) electrons. The molecule has 11 nitrogen and oxygen atoms in total. The van der Waals surface area contributed by atoms with E-state index >= 15 is 0 Å². The van der Waals surface area contributed by atoms with Crippen LogP contribution in [0.3, 0.4) is 0 Å². The average molecular weight is 377 g/mol. The Labute approximate surface area is 151 Å². The number of rotatable bonds is 16. The highest BCUT2D eigenvalue weighted by atomic mass is 16.4. The average Bonchev–Trinajstić information content (AvgIpc) is 2.47. The van der Waals surface area contributed by atoms with Gasteiger partial charge in [-0.1, -0.05) is 6.92 Å². The van der Waals surface area contributed by atoms with E-state index in [2.05, 4.69) is 0 Å². The molecule has 0 amide bonds. The topological polar surface area (TPSA) is 159 Å². The molecule has 0 bridgehead atoms. The maximum atomic E-state index is 10.8. The molecule has 4 N–H and O–H groups in total. The summed E-state index contributed by atoms with van der Waals surface area (Å²) in [6.07, 6.45) is 0.787. The van der Waals surface area contributed by atoms with E-state index in [-0.39, 0.29) is 13.1 Å².